The van der Waals surface area contributed by atoms with Gasteiger partial charge in [-0.1, -0.05) is 19.8 Å². The number of carbonyl (C=O) groups is 3. The molecule has 0 aliphatic rings. The molecule has 0 radical (unpaired) electrons. The van der Waals surface area contributed by atoms with Crippen LogP contribution < -0.4 is 5.32 Å². The van der Waals surface area contributed by atoms with Gasteiger partial charge in [-0.05, 0) is 5.92 Å². The zero-order valence-corrected chi connectivity index (χ0v) is 12.0. The van der Waals surface area contributed by atoms with Crippen LogP contribution in [0.25, 0.3) is 0 Å². The van der Waals surface area contributed by atoms with Crippen molar-refractivity contribution in [3.8, 4) is 12.3 Å². The van der Waals surface area contributed by atoms with E-state index in [9.17, 15) is 14.4 Å². The van der Waals surface area contributed by atoms with Gasteiger partial charge in [0.25, 0.3) is 0 Å². The molecule has 0 unspecified atom stereocenters. The van der Waals surface area contributed by atoms with E-state index in [1.807, 2.05) is 13.8 Å². The van der Waals surface area contributed by atoms with Crippen LogP contribution in [0.4, 0.5) is 4.79 Å². The number of terminal acetylenes is 1. The normalized spacial score (nSPS) is 9.75. The van der Waals surface area contributed by atoms with Crippen molar-refractivity contribution in [2.45, 2.75) is 13.8 Å². The smallest absolute Gasteiger partial charge is 0.323 e. The number of carbonyl (C=O) groups excluding carboxylic acids is 2. The van der Waals surface area contributed by atoms with Crippen LogP contribution in [0.1, 0.15) is 13.8 Å². The number of hydrogen-bond donors (Lipinski definition) is 2. The second kappa shape index (κ2) is 8.80. The first kappa shape index (κ1) is 17.8. The van der Waals surface area contributed by atoms with Crippen LogP contribution in [0.2, 0.25) is 0 Å². The molecule has 0 heterocycles. The fourth-order valence-electron chi connectivity index (χ4n) is 1.36. The Morgan fingerprint density at radius 1 is 1.30 bits per heavy atom. The lowest BCUT2D eigenvalue weighted by molar-refractivity contribution is -0.137. The summed E-state index contributed by atoms with van der Waals surface area (Å²) in [6.07, 6.45) is 5.09. The number of carboxylic acids is 1. The van der Waals surface area contributed by atoms with Crippen molar-refractivity contribution in [3.63, 3.8) is 0 Å². The Kier molecular flexibility index (Phi) is 7.82. The van der Waals surface area contributed by atoms with Gasteiger partial charge in [-0.15, -0.1) is 6.42 Å². The van der Waals surface area contributed by atoms with Crippen molar-refractivity contribution in [2.75, 3.05) is 33.2 Å². The van der Waals surface area contributed by atoms with Gasteiger partial charge in [-0.2, -0.15) is 0 Å². The van der Waals surface area contributed by atoms with E-state index in [0.29, 0.717) is 12.5 Å². The number of nitrogens with one attached hydrogen (secondary N) is 1. The lowest BCUT2D eigenvalue weighted by atomic mass is 10.2. The van der Waals surface area contributed by atoms with Crippen molar-refractivity contribution < 1.29 is 19.5 Å². The van der Waals surface area contributed by atoms with Crippen molar-refractivity contribution in [2.24, 2.45) is 5.92 Å². The Labute approximate surface area is 118 Å². The number of urea groups is 1. The van der Waals surface area contributed by atoms with Crippen molar-refractivity contribution in [1.82, 2.24) is 15.1 Å². The average Bonchev–Trinajstić information content (AvgIpc) is 2.34. The molecule has 0 atom stereocenters. The van der Waals surface area contributed by atoms with E-state index in [-0.39, 0.29) is 19.0 Å². The summed E-state index contributed by atoms with van der Waals surface area (Å²) in [6, 6.07) is -0.593. The van der Waals surface area contributed by atoms with E-state index in [1.54, 1.807) is 0 Å². The van der Waals surface area contributed by atoms with Gasteiger partial charge in [-0.3, -0.25) is 9.59 Å². The minimum absolute atomic E-state index is 0.122. The van der Waals surface area contributed by atoms with E-state index in [2.05, 4.69) is 11.2 Å². The van der Waals surface area contributed by atoms with E-state index < -0.39 is 18.5 Å². The number of amides is 3. The van der Waals surface area contributed by atoms with Crippen molar-refractivity contribution in [3.05, 3.63) is 0 Å². The third-order valence-electron chi connectivity index (χ3n) is 2.29. The van der Waals surface area contributed by atoms with Crippen molar-refractivity contribution in [1.29, 1.82) is 0 Å². The lowest BCUT2D eigenvalue weighted by Crippen LogP contribution is -2.47. The van der Waals surface area contributed by atoms with Gasteiger partial charge in [0, 0.05) is 13.6 Å². The van der Waals surface area contributed by atoms with Gasteiger partial charge in [0.15, 0.2) is 0 Å². The minimum Gasteiger partial charge on any atom is -0.480 e. The van der Waals surface area contributed by atoms with Gasteiger partial charge < -0.3 is 20.2 Å². The second-order valence-electron chi connectivity index (χ2n) is 4.79. The largest absolute Gasteiger partial charge is 0.480 e. The quantitative estimate of drug-likeness (QED) is 0.635. The summed E-state index contributed by atoms with van der Waals surface area (Å²) < 4.78 is 0. The van der Waals surface area contributed by atoms with Gasteiger partial charge >= 0.3 is 12.0 Å². The Bertz CT molecular complexity index is 401. The molecule has 7 heteroatoms. The molecule has 0 aliphatic heterocycles. The van der Waals surface area contributed by atoms with Gasteiger partial charge in [0.2, 0.25) is 5.91 Å². The molecule has 3 amide bonds. The molecule has 0 aromatic rings. The molecule has 0 spiro atoms. The van der Waals surface area contributed by atoms with Crippen molar-refractivity contribution >= 4 is 17.9 Å². The number of carboxylic acid groups (broad SMARTS) is 1. The highest BCUT2D eigenvalue weighted by molar-refractivity contribution is 5.85. The number of aliphatic carboxylic acids is 1. The fraction of sp³-hybridized carbons (Fsp3) is 0.615. The van der Waals surface area contributed by atoms with Gasteiger partial charge in [-0.25, -0.2) is 4.79 Å². The maximum Gasteiger partial charge on any atom is 0.323 e. The Morgan fingerprint density at radius 3 is 2.35 bits per heavy atom. The molecule has 2 N–H and O–H groups in total. The lowest BCUT2D eigenvalue weighted by Gasteiger charge is -2.25. The summed E-state index contributed by atoms with van der Waals surface area (Å²) >= 11 is 0. The third-order valence-corrected chi connectivity index (χ3v) is 2.29. The van der Waals surface area contributed by atoms with Crippen LogP contribution in [0.3, 0.4) is 0 Å². The highest BCUT2D eigenvalue weighted by atomic mass is 16.4. The number of rotatable bonds is 7. The third kappa shape index (κ3) is 7.26. The molecule has 112 valence electrons. The minimum atomic E-state index is -1.16. The van der Waals surface area contributed by atoms with Crippen LogP contribution in [-0.4, -0.2) is 66.0 Å². The summed E-state index contributed by atoms with van der Waals surface area (Å²) in [6.45, 7) is 3.66. The Balaban J connectivity index is 4.46. The van der Waals surface area contributed by atoms with Gasteiger partial charge in [0.05, 0.1) is 6.54 Å². The molecule has 0 aromatic heterocycles. The standard InChI is InChI=1S/C13H21N3O4/c1-5-6-16(9-12(18)19)13(20)15(4)8-11(17)14-7-10(2)3/h1,10H,6-9H2,2-4H3,(H,14,17)(H,18,19). The zero-order chi connectivity index (χ0) is 15.7. The molecule has 0 saturated heterocycles. The first-order chi connectivity index (χ1) is 9.27. The highest BCUT2D eigenvalue weighted by Crippen LogP contribution is 1.97. The summed E-state index contributed by atoms with van der Waals surface area (Å²) in [7, 11) is 1.42. The second-order valence-corrected chi connectivity index (χ2v) is 4.79. The van der Waals surface area contributed by atoms with E-state index in [4.69, 9.17) is 11.5 Å². The first-order valence-corrected chi connectivity index (χ1v) is 6.19. The summed E-state index contributed by atoms with van der Waals surface area (Å²) in [5.74, 6) is 1.07. The molecule has 0 fully saturated rings. The molecule has 0 aliphatic carbocycles. The maximum atomic E-state index is 12.0. The van der Waals surface area contributed by atoms with Crippen LogP contribution in [0.15, 0.2) is 0 Å². The van der Waals surface area contributed by atoms with E-state index >= 15 is 0 Å². The van der Waals surface area contributed by atoms with Crippen LogP contribution in [0.5, 0.6) is 0 Å². The Morgan fingerprint density at radius 2 is 1.90 bits per heavy atom. The topological polar surface area (TPSA) is 90.0 Å². The van der Waals surface area contributed by atoms with Crippen LogP contribution in [-0.2, 0) is 9.59 Å². The molecule has 0 rings (SSSR count). The predicted octanol–water partition coefficient (Wildman–Crippen LogP) is -0.170. The molecule has 0 saturated carbocycles. The van der Waals surface area contributed by atoms with E-state index in [1.165, 1.54) is 7.05 Å². The van der Waals surface area contributed by atoms with Crippen LogP contribution in [0, 0.1) is 18.3 Å². The first-order valence-electron chi connectivity index (χ1n) is 6.19. The Hall–Kier alpha value is -2.23. The maximum absolute atomic E-state index is 12.0. The zero-order valence-electron chi connectivity index (χ0n) is 12.0. The molecule has 0 bridgehead atoms. The molecular formula is C13H21N3O4. The summed E-state index contributed by atoms with van der Waals surface area (Å²) in [4.78, 5) is 36.3. The number of nitrogens with zero attached hydrogens (tertiary/aromatic N) is 2. The fourth-order valence-corrected chi connectivity index (χ4v) is 1.36. The highest BCUT2D eigenvalue weighted by Gasteiger charge is 2.21. The monoisotopic (exact) mass is 283 g/mol. The van der Waals surface area contributed by atoms with Crippen LogP contribution >= 0.6 is 0 Å². The SMILES string of the molecule is C#CCN(CC(=O)O)C(=O)N(C)CC(=O)NCC(C)C. The number of likely N-dealkylation sites (N-methyl/N-ethyl adjacent to an activating group) is 1. The van der Waals surface area contributed by atoms with E-state index in [0.717, 1.165) is 9.80 Å². The molecule has 20 heavy (non-hydrogen) atoms. The van der Waals surface area contributed by atoms with Gasteiger partial charge in [0.1, 0.15) is 13.1 Å². The number of hydrogen-bond acceptors (Lipinski definition) is 3. The molecular weight excluding hydrogens is 262 g/mol. The summed E-state index contributed by atoms with van der Waals surface area (Å²) in [5.41, 5.74) is 0. The summed E-state index contributed by atoms with van der Waals surface area (Å²) in [5, 5.41) is 11.4. The predicted molar refractivity (Wildman–Crippen MR) is 73.9 cm³/mol. The molecule has 0 aromatic carbocycles. The molecule has 7 nitrogen and oxygen atoms in total. The average molecular weight is 283 g/mol.